The van der Waals surface area contributed by atoms with Gasteiger partial charge in [0.25, 0.3) is 0 Å². The third kappa shape index (κ3) is 1.56. The van der Waals surface area contributed by atoms with Gasteiger partial charge in [-0.25, -0.2) is 0 Å². The maximum atomic E-state index is 11.9. The Morgan fingerprint density at radius 3 is 2.88 bits per heavy atom. The molecule has 0 saturated carbocycles. The van der Waals surface area contributed by atoms with Crippen LogP contribution < -0.4 is 0 Å². The first-order valence-corrected chi connectivity index (χ1v) is 5.90. The number of amides is 1. The molecule has 0 aliphatic carbocycles. The van der Waals surface area contributed by atoms with Crippen molar-refractivity contribution >= 4 is 5.91 Å². The fourth-order valence-electron chi connectivity index (χ4n) is 2.73. The van der Waals surface area contributed by atoms with E-state index in [4.69, 9.17) is 4.74 Å². The largest absolute Gasteiger partial charge is 0.389 e. The smallest absolute Gasteiger partial charge is 0.225 e. The lowest BCUT2D eigenvalue weighted by atomic mass is 9.98. The molecule has 2 saturated heterocycles. The second-order valence-electron chi connectivity index (χ2n) is 4.62. The van der Waals surface area contributed by atoms with Crippen molar-refractivity contribution in [1.82, 2.24) is 4.90 Å². The molecule has 3 rings (SSSR count). The summed E-state index contributed by atoms with van der Waals surface area (Å²) in [7, 11) is 0. The van der Waals surface area contributed by atoms with Gasteiger partial charge in [-0.2, -0.15) is 0 Å². The molecule has 1 amide bonds. The Morgan fingerprint density at radius 2 is 2.12 bits per heavy atom. The van der Waals surface area contributed by atoms with Crippen LogP contribution in [-0.4, -0.2) is 35.2 Å². The molecule has 2 heterocycles. The zero-order valence-electron chi connectivity index (χ0n) is 9.50. The summed E-state index contributed by atoms with van der Waals surface area (Å²) in [6.45, 7) is 0.659. The fourth-order valence-corrected chi connectivity index (χ4v) is 2.73. The molecule has 2 fully saturated rings. The quantitative estimate of drug-likeness (QED) is 0.782. The van der Waals surface area contributed by atoms with Crippen LogP contribution in [0.15, 0.2) is 30.3 Å². The molecule has 2 aliphatic rings. The van der Waals surface area contributed by atoms with Crippen molar-refractivity contribution < 1.29 is 14.6 Å². The molecule has 1 N–H and O–H groups in total. The van der Waals surface area contributed by atoms with Crippen LogP contribution in [0.25, 0.3) is 0 Å². The Hall–Kier alpha value is -1.39. The van der Waals surface area contributed by atoms with Gasteiger partial charge in [0, 0.05) is 18.4 Å². The lowest BCUT2D eigenvalue weighted by Crippen LogP contribution is -2.54. The average Bonchev–Trinajstić information content (AvgIpc) is 2.70. The number of nitrogens with zero attached hydrogens (tertiary/aromatic N) is 1. The van der Waals surface area contributed by atoms with Crippen molar-refractivity contribution in [3.05, 3.63) is 35.9 Å². The van der Waals surface area contributed by atoms with Crippen molar-refractivity contribution in [2.45, 2.75) is 24.7 Å². The van der Waals surface area contributed by atoms with Crippen molar-refractivity contribution in [3.63, 3.8) is 0 Å². The number of ether oxygens (including phenoxy) is 1. The molecule has 0 radical (unpaired) electrons. The fraction of sp³-hybridized carbons (Fsp3) is 0.462. The Bertz CT molecular complexity index is 434. The third-order valence-electron chi connectivity index (χ3n) is 3.55. The van der Waals surface area contributed by atoms with Gasteiger partial charge in [0.1, 0.15) is 0 Å². The number of hydrogen-bond donors (Lipinski definition) is 1. The molecular weight excluding hydrogens is 218 g/mol. The number of carbonyl (C=O) groups is 1. The lowest BCUT2D eigenvalue weighted by Gasteiger charge is -2.44. The van der Waals surface area contributed by atoms with Crippen molar-refractivity contribution in [2.75, 3.05) is 13.2 Å². The highest BCUT2D eigenvalue weighted by Crippen LogP contribution is 2.42. The van der Waals surface area contributed by atoms with Crippen LogP contribution in [0.5, 0.6) is 0 Å². The average molecular weight is 233 g/mol. The minimum atomic E-state index is -0.641. The monoisotopic (exact) mass is 233 g/mol. The predicted octanol–water partition coefficient (Wildman–Crippen LogP) is 0.853. The summed E-state index contributed by atoms with van der Waals surface area (Å²) in [6, 6.07) is 9.78. The highest BCUT2D eigenvalue weighted by atomic mass is 16.5. The van der Waals surface area contributed by atoms with Crippen LogP contribution in [0, 0.1) is 0 Å². The van der Waals surface area contributed by atoms with Crippen LogP contribution in [0.4, 0.5) is 0 Å². The van der Waals surface area contributed by atoms with Crippen LogP contribution in [0.1, 0.15) is 18.4 Å². The lowest BCUT2D eigenvalue weighted by molar-refractivity contribution is -0.208. The predicted molar refractivity (Wildman–Crippen MR) is 61.0 cm³/mol. The standard InChI is InChI=1S/C13H15NO3/c15-11-8-14-12(16)6-7-13(14,17-9-11)10-4-2-1-3-5-10/h1-5,11,15H,6-9H2/t11-,13-/m1/s1. The SMILES string of the molecule is O=C1CC[C@]2(c3ccccc3)OC[C@H](O)CN12. The van der Waals surface area contributed by atoms with E-state index in [0.29, 0.717) is 26.0 Å². The first-order valence-electron chi connectivity index (χ1n) is 5.90. The highest BCUT2D eigenvalue weighted by molar-refractivity contribution is 5.80. The summed E-state index contributed by atoms with van der Waals surface area (Å²) >= 11 is 0. The minimum Gasteiger partial charge on any atom is -0.389 e. The third-order valence-corrected chi connectivity index (χ3v) is 3.55. The minimum absolute atomic E-state index is 0.0626. The molecule has 0 bridgehead atoms. The van der Waals surface area contributed by atoms with E-state index in [1.165, 1.54) is 0 Å². The van der Waals surface area contributed by atoms with Gasteiger partial charge < -0.3 is 14.7 Å². The van der Waals surface area contributed by atoms with E-state index in [1.807, 2.05) is 30.3 Å². The Labute approximate surface area is 99.8 Å². The number of carbonyl (C=O) groups excluding carboxylic acids is 1. The molecular formula is C13H15NO3. The van der Waals surface area contributed by atoms with Gasteiger partial charge in [0.05, 0.1) is 19.3 Å². The zero-order valence-corrected chi connectivity index (χ0v) is 9.50. The number of benzene rings is 1. The van der Waals surface area contributed by atoms with Crippen LogP contribution in [0.2, 0.25) is 0 Å². The maximum Gasteiger partial charge on any atom is 0.225 e. The van der Waals surface area contributed by atoms with Crippen LogP contribution in [0.3, 0.4) is 0 Å². The van der Waals surface area contributed by atoms with E-state index in [1.54, 1.807) is 4.90 Å². The molecule has 2 atom stereocenters. The van der Waals surface area contributed by atoms with Gasteiger partial charge in [0.2, 0.25) is 5.91 Å². The summed E-state index contributed by atoms with van der Waals surface area (Å²) in [4.78, 5) is 13.5. The van der Waals surface area contributed by atoms with Gasteiger partial charge in [-0.1, -0.05) is 30.3 Å². The Balaban J connectivity index is 2.02. The molecule has 4 nitrogen and oxygen atoms in total. The topological polar surface area (TPSA) is 49.8 Å². The Morgan fingerprint density at radius 1 is 1.35 bits per heavy atom. The van der Waals surface area contributed by atoms with E-state index in [-0.39, 0.29) is 5.91 Å². The molecule has 0 unspecified atom stereocenters. The van der Waals surface area contributed by atoms with E-state index in [0.717, 1.165) is 5.56 Å². The number of hydrogen-bond acceptors (Lipinski definition) is 3. The van der Waals surface area contributed by atoms with Gasteiger partial charge in [0.15, 0.2) is 5.72 Å². The van der Waals surface area contributed by atoms with Gasteiger partial charge in [-0.3, -0.25) is 4.79 Å². The van der Waals surface area contributed by atoms with E-state index in [9.17, 15) is 9.90 Å². The second-order valence-corrected chi connectivity index (χ2v) is 4.62. The van der Waals surface area contributed by atoms with Gasteiger partial charge in [-0.15, -0.1) is 0 Å². The second kappa shape index (κ2) is 3.82. The van der Waals surface area contributed by atoms with E-state index < -0.39 is 11.8 Å². The molecule has 1 aromatic rings. The summed E-state index contributed by atoms with van der Waals surface area (Å²) in [6.07, 6.45) is 0.582. The normalized spacial score (nSPS) is 32.6. The first-order chi connectivity index (χ1) is 8.22. The molecule has 17 heavy (non-hydrogen) atoms. The molecule has 2 aliphatic heterocycles. The van der Waals surface area contributed by atoms with E-state index >= 15 is 0 Å². The molecule has 1 aromatic carbocycles. The molecule has 4 heteroatoms. The summed E-state index contributed by atoms with van der Waals surface area (Å²) in [5.74, 6) is 0.0626. The molecule has 0 spiro atoms. The van der Waals surface area contributed by atoms with Gasteiger partial charge >= 0.3 is 0 Å². The van der Waals surface area contributed by atoms with Crippen molar-refractivity contribution in [3.8, 4) is 0 Å². The number of aliphatic hydroxyl groups excluding tert-OH is 1. The van der Waals surface area contributed by atoms with Gasteiger partial charge in [-0.05, 0) is 0 Å². The first kappa shape index (κ1) is 10.7. The molecule has 0 aromatic heterocycles. The van der Waals surface area contributed by atoms with Crippen molar-refractivity contribution in [1.29, 1.82) is 0 Å². The number of rotatable bonds is 1. The van der Waals surface area contributed by atoms with Crippen LogP contribution >= 0.6 is 0 Å². The molecule has 90 valence electrons. The number of fused-ring (bicyclic) bond motifs is 1. The Kier molecular flexibility index (Phi) is 2.42. The summed E-state index contributed by atoms with van der Waals surface area (Å²) in [5, 5.41) is 9.62. The maximum absolute atomic E-state index is 11.9. The highest BCUT2D eigenvalue weighted by Gasteiger charge is 2.50. The zero-order chi connectivity index (χ0) is 11.9. The van der Waals surface area contributed by atoms with E-state index in [2.05, 4.69) is 0 Å². The van der Waals surface area contributed by atoms with Crippen LogP contribution in [-0.2, 0) is 15.3 Å². The summed E-state index contributed by atoms with van der Waals surface area (Å²) in [5.41, 5.74) is 0.357. The van der Waals surface area contributed by atoms with Crippen molar-refractivity contribution in [2.24, 2.45) is 0 Å². The summed E-state index contributed by atoms with van der Waals surface area (Å²) < 4.78 is 5.81. The number of aliphatic hydroxyl groups is 1.